The highest BCUT2D eigenvalue weighted by Gasteiger charge is 2.53. The molecule has 8 nitrogen and oxygen atoms in total. The normalized spacial score (nSPS) is 21.2. The van der Waals surface area contributed by atoms with Gasteiger partial charge in [-0.2, -0.15) is 13.2 Å². The van der Waals surface area contributed by atoms with Crippen LogP contribution in [0.15, 0.2) is 36.9 Å². The number of hydrogen-bond acceptors (Lipinski definition) is 7. The number of halogens is 3. The highest BCUT2D eigenvalue weighted by molar-refractivity contribution is 5.85. The van der Waals surface area contributed by atoms with E-state index in [-0.39, 0.29) is 36.8 Å². The van der Waals surface area contributed by atoms with Crippen LogP contribution >= 0.6 is 0 Å². The number of pyridine rings is 1. The van der Waals surface area contributed by atoms with E-state index in [1.807, 2.05) is 11.0 Å². The highest BCUT2D eigenvalue weighted by Crippen LogP contribution is 2.48. The van der Waals surface area contributed by atoms with Crippen molar-refractivity contribution in [2.75, 3.05) is 20.2 Å². The minimum atomic E-state index is -4.72. The average molecular weight is 606 g/mol. The lowest BCUT2D eigenvalue weighted by Gasteiger charge is -2.37. The smallest absolute Gasteiger partial charge is 0.437 e. The van der Waals surface area contributed by atoms with E-state index in [0.29, 0.717) is 30.2 Å². The lowest BCUT2D eigenvalue weighted by Crippen LogP contribution is -2.49. The number of aromatic nitrogens is 1. The topological polar surface area (TPSA) is 90.0 Å². The van der Waals surface area contributed by atoms with E-state index < -0.39 is 41.2 Å². The molecule has 3 heterocycles. The van der Waals surface area contributed by atoms with Gasteiger partial charge in [0.25, 0.3) is 0 Å². The van der Waals surface area contributed by atoms with Gasteiger partial charge in [-0.05, 0) is 58.9 Å². The predicted molar refractivity (Wildman–Crippen MR) is 157 cm³/mol. The number of nitrogens with one attached hydrogen (secondary N) is 1. The number of esters is 1. The molecule has 3 unspecified atom stereocenters. The van der Waals surface area contributed by atoms with E-state index in [9.17, 15) is 22.8 Å². The van der Waals surface area contributed by atoms with Crippen LogP contribution in [0.25, 0.3) is 10.9 Å². The molecule has 4 rings (SSSR count). The maximum Gasteiger partial charge on any atom is 0.437 e. The Labute approximate surface area is 250 Å². The van der Waals surface area contributed by atoms with Crippen molar-refractivity contribution in [1.29, 1.82) is 0 Å². The van der Waals surface area contributed by atoms with Crippen molar-refractivity contribution < 1.29 is 37.0 Å². The Morgan fingerprint density at radius 2 is 1.98 bits per heavy atom. The predicted octanol–water partition coefficient (Wildman–Crippen LogP) is 6.59. The number of carbonyl (C=O) groups is 2. The molecule has 2 aliphatic heterocycles. The van der Waals surface area contributed by atoms with E-state index in [0.717, 1.165) is 25.7 Å². The molecule has 0 bridgehead atoms. The lowest BCUT2D eigenvalue weighted by molar-refractivity contribution is -0.146. The molecule has 1 amide bonds. The van der Waals surface area contributed by atoms with Gasteiger partial charge >= 0.3 is 18.2 Å². The zero-order valence-corrected chi connectivity index (χ0v) is 25.4. The van der Waals surface area contributed by atoms with Gasteiger partial charge in [0.05, 0.1) is 12.6 Å². The van der Waals surface area contributed by atoms with Crippen LogP contribution in [0.4, 0.5) is 18.0 Å². The molecule has 1 fully saturated rings. The lowest BCUT2D eigenvalue weighted by atomic mass is 9.87. The Balaban J connectivity index is 1.61. The zero-order valence-electron chi connectivity index (χ0n) is 25.4. The summed E-state index contributed by atoms with van der Waals surface area (Å²) in [6.07, 6.45) is 1.75. The van der Waals surface area contributed by atoms with E-state index in [1.165, 1.54) is 7.11 Å². The van der Waals surface area contributed by atoms with E-state index >= 15 is 0 Å². The number of likely N-dealkylation sites (tertiary alicyclic amines) is 1. The van der Waals surface area contributed by atoms with Crippen molar-refractivity contribution in [2.45, 2.75) is 102 Å². The summed E-state index contributed by atoms with van der Waals surface area (Å²) in [7, 11) is 1.29. The first-order valence-electron chi connectivity index (χ1n) is 14.9. The van der Waals surface area contributed by atoms with E-state index in [4.69, 9.17) is 14.2 Å². The second-order valence-corrected chi connectivity index (χ2v) is 12.5. The standard InChI is InChI=1S/C32H42F3N3O5/c1-6-7-8-9-10-13-21(36-29(40)43-30(2,3)4)19-38-20-31(18-25(38)28(39)41-5)17-16-23-22-14-11-12-15-24(22)37-27(26(23)42-31)32(33,34)35/h6,11-12,14-15,21,25H,1,7-10,13,16-20H2,2-5H3,(H,36,40). The van der Waals surface area contributed by atoms with E-state index in [1.54, 1.807) is 45.0 Å². The van der Waals surface area contributed by atoms with Crippen LogP contribution in [0.1, 0.15) is 77.0 Å². The van der Waals surface area contributed by atoms with Gasteiger partial charge in [0.15, 0.2) is 11.4 Å². The van der Waals surface area contributed by atoms with Gasteiger partial charge in [-0.1, -0.05) is 37.1 Å². The van der Waals surface area contributed by atoms with Crippen molar-refractivity contribution in [1.82, 2.24) is 15.2 Å². The Morgan fingerprint density at radius 3 is 2.65 bits per heavy atom. The molecule has 1 aromatic carbocycles. The number of fused-ring (bicyclic) bond motifs is 3. The number of ether oxygens (including phenoxy) is 3. The number of rotatable bonds is 10. The Hall–Kier alpha value is -3.34. The summed E-state index contributed by atoms with van der Waals surface area (Å²) in [5.41, 5.74) is -2.07. The molecule has 11 heteroatoms. The second-order valence-electron chi connectivity index (χ2n) is 12.5. The number of nitrogens with zero attached hydrogens (tertiary/aromatic N) is 2. The summed E-state index contributed by atoms with van der Waals surface area (Å²) < 4.78 is 59.6. The Morgan fingerprint density at radius 1 is 1.23 bits per heavy atom. The molecule has 1 aromatic heterocycles. The van der Waals surface area contributed by atoms with Crippen LogP contribution in [-0.2, 0) is 26.9 Å². The second kappa shape index (κ2) is 13.1. The fourth-order valence-electron chi connectivity index (χ4n) is 6.10. The van der Waals surface area contributed by atoms with Crippen LogP contribution in [0.3, 0.4) is 0 Å². The first-order valence-corrected chi connectivity index (χ1v) is 14.9. The van der Waals surface area contributed by atoms with Gasteiger partial charge in [-0.15, -0.1) is 6.58 Å². The number of alkyl carbamates (subject to hydrolysis) is 1. The molecular weight excluding hydrogens is 563 g/mol. The Kier molecular flexibility index (Phi) is 9.93. The molecule has 2 aromatic rings. The number of methoxy groups -OCH3 is 1. The number of unbranched alkanes of at least 4 members (excludes halogenated alkanes) is 3. The SMILES string of the molecule is C=CCCCCCC(CN1CC2(CCc3c(c(C(F)(F)F)nc4ccccc34)O2)CC1C(=O)OC)NC(=O)OC(C)(C)C. The van der Waals surface area contributed by atoms with Gasteiger partial charge in [0.1, 0.15) is 17.2 Å². The molecular formula is C32H42F3N3O5. The van der Waals surface area contributed by atoms with Crippen LogP contribution < -0.4 is 10.1 Å². The van der Waals surface area contributed by atoms with Crippen molar-refractivity contribution in [3.63, 3.8) is 0 Å². The number of aryl methyl sites for hydroxylation is 1. The molecule has 0 radical (unpaired) electrons. The minimum absolute atomic E-state index is 0.154. The maximum atomic E-state index is 14.2. The summed E-state index contributed by atoms with van der Waals surface area (Å²) >= 11 is 0. The summed E-state index contributed by atoms with van der Waals surface area (Å²) in [6, 6.07) is 5.62. The first kappa shape index (κ1) is 32.6. The maximum absolute atomic E-state index is 14.2. The molecule has 43 heavy (non-hydrogen) atoms. The van der Waals surface area contributed by atoms with Crippen LogP contribution in [-0.4, -0.2) is 65.4 Å². The Bertz CT molecular complexity index is 1330. The third-order valence-electron chi connectivity index (χ3n) is 7.98. The summed E-state index contributed by atoms with van der Waals surface area (Å²) in [5.74, 6) is -0.769. The van der Waals surface area contributed by atoms with Gasteiger partial charge in [0, 0.05) is 36.5 Å². The number of carbonyl (C=O) groups excluding carboxylic acids is 2. The third kappa shape index (κ3) is 7.99. The first-order chi connectivity index (χ1) is 20.2. The minimum Gasteiger partial charge on any atom is -0.483 e. The molecule has 3 atom stereocenters. The number of benzene rings is 1. The fraction of sp³-hybridized carbons (Fsp3) is 0.594. The van der Waals surface area contributed by atoms with Gasteiger partial charge in [-0.25, -0.2) is 9.78 Å². The molecule has 1 saturated heterocycles. The van der Waals surface area contributed by atoms with Crippen LogP contribution in [0.2, 0.25) is 0 Å². The highest BCUT2D eigenvalue weighted by atomic mass is 19.4. The molecule has 0 saturated carbocycles. The molecule has 1 spiro atoms. The summed E-state index contributed by atoms with van der Waals surface area (Å²) in [5, 5.41) is 3.57. The number of alkyl halides is 3. The summed E-state index contributed by atoms with van der Waals surface area (Å²) in [4.78, 5) is 31.5. The quantitative estimate of drug-likeness (QED) is 0.186. The molecule has 2 aliphatic rings. The zero-order chi connectivity index (χ0) is 31.4. The third-order valence-corrected chi connectivity index (χ3v) is 7.98. The van der Waals surface area contributed by atoms with Crippen LogP contribution in [0.5, 0.6) is 5.75 Å². The van der Waals surface area contributed by atoms with E-state index in [2.05, 4.69) is 16.9 Å². The van der Waals surface area contributed by atoms with Crippen molar-refractivity contribution in [3.05, 3.63) is 48.2 Å². The molecule has 0 aliphatic carbocycles. The van der Waals surface area contributed by atoms with Crippen molar-refractivity contribution in [2.24, 2.45) is 0 Å². The largest absolute Gasteiger partial charge is 0.483 e. The van der Waals surface area contributed by atoms with Crippen molar-refractivity contribution in [3.8, 4) is 5.75 Å². The number of allylic oxidation sites excluding steroid dienone is 1. The average Bonchev–Trinajstić information content (AvgIpc) is 3.26. The van der Waals surface area contributed by atoms with Crippen LogP contribution in [0, 0.1) is 0 Å². The summed E-state index contributed by atoms with van der Waals surface area (Å²) in [6.45, 7) is 9.56. The molecule has 1 N–H and O–H groups in total. The van der Waals surface area contributed by atoms with Gasteiger partial charge < -0.3 is 19.5 Å². The number of amides is 1. The van der Waals surface area contributed by atoms with Gasteiger partial charge in [0.2, 0.25) is 0 Å². The van der Waals surface area contributed by atoms with Gasteiger partial charge in [-0.3, -0.25) is 9.69 Å². The monoisotopic (exact) mass is 605 g/mol. The fourth-order valence-corrected chi connectivity index (χ4v) is 6.10. The molecule has 236 valence electrons. The van der Waals surface area contributed by atoms with Crippen molar-refractivity contribution >= 4 is 23.0 Å². The number of para-hydroxylation sites is 1. The number of hydrogen-bond donors (Lipinski definition) is 1.